The lowest BCUT2D eigenvalue weighted by molar-refractivity contribution is -0.150. The van der Waals surface area contributed by atoms with Crippen LogP contribution in [-0.4, -0.2) is 24.1 Å². The predicted molar refractivity (Wildman–Crippen MR) is 330 cm³/mol. The predicted octanol–water partition coefficient (Wildman–Crippen LogP) is 19.4. The molecule has 6 aromatic carbocycles. The zero-order valence-corrected chi connectivity index (χ0v) is 53.3. The van der Waals surface area contributed by atoms with Gasteiger partial charge in [-0.3, -0.25) is 14.4 Å². The molecule has 9 rings (SSSR count). The fourth-order valence-electron chi connectivity index (χ4n) is 10.0. The molecule has 4 unspecified atom stereocenters. The van der Waals surface area contributed by atoms with Crippen molar-refractivity contribution in [1.82, 2.24) is 0 Å². The molecule has 21 heteroatoms. The van der Waals surface area contributed by atoms with Crippen molar-refractivity contribution in [2.75, 3.05) is 0 Å². The van der Waals surface area contributed by atoms with E-state index >= 15 is 0 Å². The van der Waals surface area contributed by atoms with Gasteiger partial charge in [0.25, 0.3) is 0 Å². The number of alkyl halides is 3. The van der Waals surface area contributed by atoms with Crippen molar-refractivity contribution in [2.45, 2.75) is 66.0 Å². The molecule has 3 fully saturated rings. The van der Waals surface area contributed by atoms with Crippen molar-refractivity contribution in [3.63, 3.8) is 0 Å². The van der Waals surface area contributed by atoms with Crippen LogP contribution in [-0.2, 0) is 28.6 Å². The van der Waals surface area contributed by atoms with Crippen molar-refractivity contribution >= 4 is 84.6 Å². The molecule has 0 bridgehead atoms. The average Bonchev–Trinajstić information content (AvgIpc) is 1.66. The number of hydrogen-bond acceptors (Lipinski definition) is 12. The summed E-state index contributed by atoms with van der Waals surface area (Å²) in [7, 11) is 0. The Morgan fingerprint density at radius 3 is 1.18 bits per heavy atom. The lowest BCUT2D eigenvalue weighted by atomic mass is 10.1. The summed E-state index contributed by atoms with van der Waals surface area (Å²) < 4.78 is 86.6. The van der Waals surface area contributed by atoms with Crippen LogP contribution in [0.25, 0.3) is 0 Å². The SMILES string of the molecule is CC1(C)C(C=C(Br)Br)[C@H]1C(=O)O[C@H](C#N)c1cccc(Oc2ccccc2)c1.CC1(C)C(C=C(Cl)Cl)C1C(=O)OC(C#N)c1ccc(F)c(Oc2ccccc2)c1.CC1(C)[C@H](C(=O)O[C@H](C#N)c2cccc(Oc3ccccc3)c2)[C@@H]1/C=C(\Cl)C(F)(F)F. The largest absolute Gasteiger partial charge is 0.457 e. The second-order valence-corrected chi connectivity index (χ2v) is 26.5. The maximum absolute atomic E-state index is 14.2. The summed E-state index contributed by atoms with van der Waals surface area (Å²) in [6, 6.07) is 50.5. The molecule has 0 N–H and O–H groups in total. The second-order valence-electron chi connectivity index (χ2n) is 22.3. The summed E-state index contributed by atoms with van der Waals surface area (Å²) >= 11 is 23.4. The standard InChI is InChI=1S/C23H19ClF3NO3.C22H19Br2NO3.C22H18Cl2FNO3/c1-22(2)17(12-19(24)23(25,26)27)20(22)21(29)31-18(13-28)14-7-6-10-16(11-14)30-15-8-4-3-5-9-15;1-22(2)17(12-19(23)24)20(22)21(26)28-18(13-25)14-7-6-10-16(11-14)27-15-8-4-3-5-9-15;1-22(2)15(11-19(23)24)20(22)21(27)29-18(12-26)13-8-9-16(25)17(10-13)28-14-6-4-3-5-7-14/h3-12,17-18,20H,1-2H3;3-12,17-18,20H,1-2H3;3-11,15,18,20H,1-2H3/b19-12-;;/t17-,18+,20-;17?,18-,20+;/m01./s1. The van der Waals surface area contributed by atoms with Crippen LogP contribution in [0.4, 0.5) is 17.6 Å². The minimum Gasteiger partial charge on any atom is -0.457 e. The number of nitriles is 3. The Labute approximate surface area is 539 Å². The van der Waals surface area contributed by atoms with E-state index in [2.05, 4.69) is 37.9 Å². The number of ether oxygens (including phenoxy) is 6. The number of carbonyl (C=O) groups excluding carboxylic acids is 3. The lowest BCUT2D eigenvalue weighted by Gasteiger charge is -2.14. The molecule has 6 aromatic rings. The Morgan fingerprint density at radius 1 is 0.489 bits per heavy atom. The van der Waals surface area contributed by atoms with Crippen molar-refractivity contribution in [2.24, 2.45) is 51.8 Å². The number of para-hydroxylation sites is 3. The zero-order chi connectivity index (χ0) is 64.3. The molecule has 0 heterocycles. The highest BCUT2D eigenvalue weighted by Crippen LogP contribution is 2.62. The van der Waals surface area contributed by atoms with Gasteiger partial charge in [-0.25, -0.2) is 4.39 Å². The highest BCUT2D eigenvalue weighted by Gasteiger charge is 2.64. The highest BCUT2D eigenvalue weighted by molar-refractivity contribution is 9.28. The molecular weight excluding hydrogens is 1330 g/mol. The van der Waals surface area contributed by atoms with Crippen molar-refractivity contribution in [3.8, 4) is 52.7 Å². The summed E-state index contributed by atoms with van der Waals surface area (Å²) in [6.45, 7) is 11.1. The summed E-state index contributed by atoms with van der Waals surface area (Å²) in [5, 5.41) is 27.3. The molecule has 456 valence electrons. The van der Waals surface area contributed by atoms with E-state index in [1.807, 2.05) is 101 Å². The molecule has 3 aliphatic rings. The molecular formula is C67H56Br2Cl3F4N3O9. The third kappa shape index (κ3) is 17.6. The third-order valence-electron chi connectivity index (χ3n) is 15.3. The zero-order valence-electron chi connectivity index (χ0n) is 47.9. The number of rotatable bonds is 18. The molecule has 0 radical (unpaired) electrons. The minimum atomic E-state index is -4.68. The van der Waals surface area contributed by atoms with Gasteiger partial charge in [-0.05, 0) is 145 Å². The van der Waals surface area contributed by atoms with Gasteiger partial charge in [0.1, 0.15) is 56.5 Å². The van der Waals surface area contributed by atoms with Gasteiger partial charge >= 0.3 is 24.1 Å². The van der Waals surface area contributed by atoms with Gasteiger partial charge in [-0.1, -0.05) is 173 Å². The van der Waals surface area contributed by atoms with Crippen molar-refractivity contribution in [1.29, 1.82) is 15.8 Å². The fourth-order valence-corrected chi connectivity index (χ4v) is 11.0. The monoisotopic (exact) mass is 1390 g/mol. The third-order valence-corrected chi connectivity index (χ3v) is 16.4. The van der Waals surface area contributed by atoms with E-state index in [4.69, 9.17) is 63.2 Å². The molecule has 12 nitrogen and oxygen atoms in total. The number of benzene rings is 6. The maximum atomic E-state index is 14.2. The van der Waals surface area contributed by atoms with Crippen LogP contribution < -0.4 is 14.2 Å². The molecule has 3 aliphatic carbocycles. The van der Waals surface area contributed by atoms with Crippen LogP contribution in [0.2, 0.25) is 0 Å². The molecule has 3 saturated carbocycles. The Kier molecular flexibility index (Phi) is 22.5. The van der Waals surface area contributed by atoms with E-state index in [-0.39, 0.29) is 44.8 Å². The Balaban J connectivity index is 0.000000189. The Morgan fingerprint density at radius 2 is 0.830 bits per heavy atom. The number of carbonyl (C=O) groups is 3. The number of nitrogens with zero attached hydrogens (tertiary/aromatic N) is 3. The van der Waals surface area contributed by atoms with E-state index in [0.29, 0.717) is 45.4 Å². The van der Waals surface area contributed by atoms with E-state index in [1.165, 1.54) is 18.2 Å². The summed E-state index contributed by atoms with van der Waals surface area (Å²) in [5.41, 5.74) is -0.0619. The fraction of sp³-hybridized carbons (Fsp3) is 0.284. The van der Waals surface area contributed by atoms with Gasteiger partial charge in [0.15, 0.2) is 11.6 Å². The van der Waals surface area contributed by atoms with Gasteiger partial charge < -0.3 is 28.4 Å². The number of hydrogen-bond donors (Lipinski definition) is 0. The minimum absolute atomic E-state index is 0.0563. The summed E-state index contributed by atoms with van der Waals surface area (Å²) in [5.74, 6) is -1.97. The van der Waals surface area contributed by atoms with Crippen LogP contribution in [0.1, 0.15) is 76.5 Å². The van der Waals surface area contributed by atoms with Crippen LogP contribution >= 0.6 is 66.7 Å². The topological polar surface area (TPSA) is 178 Å². The normalized spacial score (nSPS) is 20.5. The number of esters is 3. The molecule has 88 heavy (non-hydrogen) atoms. The van der Waals surface area contributed by atoms with Gasteiger partial charge in [-0.2, -0.15) is 29.0 Å². The van der Waals surface area contributed by atoms with E-state index in [0.717, 1.165) is 9.47 Å². The first kappa shape index (κ1) is 67.9. The Hall–Kier alpha value is -7.63. The van der Waals surface area contributed by atoms with E-state index < -0.39 is 70.4 Å². The van der Waals surface area contributed by atoms with Crippen LogP contribution in [0.5, 0.6) is 34.5 Å². The Bertz CT molecular complexity index is 3710. The smallest absolute Gasteiger partial charge is 0.426 e. The van der Waals surface area contributed by atoms with Crippen LogP contribution in [0.15, 0.2) is 189 Å². The number of allylic oxidation sites excluding steroid dienone is 4. The first-order valence-corrected chi connectivity index (χ1v) is 29.8. The molecule has 0 saturated heterocycles. The van der Waals surface area contributed by atoms with Crippen LogP contribution in [0.3, 0.4) is 0 Å². The first-order chi connectivity index (χ1) is 41.6. The first-order valence-electron chi connectivity index (χ1n) is 27.1. The molecule has 0 aromatic heterocycles. The molecule has 0 spiro atoms. The summed E-state index contributed by atoms with van der Waals surface area (Å²) in [4.78, 5) is 37.9. The molecule has 9 atom stereocenters. The van der Waals surface area contributed by atoms with Crippen LogP contribution in [0, 0.1) is 91.6 Å². The van der Waals surface area contributed by atoms with Gasteiger partial charge in [-0.15, -0.1) is 0 Å². The summed E-state index contributed by atoms with van der Waals surface area (Å²) in [6.07, 6.45) is -3.71. The van der Waals surface area contributed by atoms with Crippen molar-refractivity contribution < 1.29 is 60.4 Å². The van der Waals surface area contributed by atoms with E-state index in [9.17, 15) is 47.7 Å². The van der Waals surface area contributed by atoms with Gasteiger partial charge in [0.2, 0.25) is 18.3 Å². The number of halogens is 9. The lowest BCUT2D eigenvalue weighted by Crippen LogP contribution is -2.14. The maximum Gasteiger partial charge on any atom is 0.426 e. The van der Waals surface area contributed by atoms with Gasteiger partial charge in [0.05, 0.1) is 21.1 Å². The van der Waals surface area contributed by atoms with Gasteiger partial charge in [0, 0.05) is 16.7 Å². The van der Waals surface area contributed by atoms with Crippen molar-refractivity contribution in [3.05, 3.63) is 211 Å². The molecule has 0 aliphatic heterocycles. The quantitative estimate of drug-likeness (QED) is 0.0452. The average molecular weight is 1390 g/mol. The highest BCUT2D eigenvalue weighted by atomic mass is 79.9. The second kappa shape index (κ2) is 29.1. The molecule has 0 amide bonds. The van der Waals surface area contributed by atoms with E-state index in [1.54, 1.807) is 105 Å².